The van der Waals surface area contributed by atoms with E-state index in [2.05, 4.69) is 10.2 Å². The molecule has 2 aliphatic carbocycles. The Labute approximate surface area is 99.8 Å². The van der Waals surface area contributed by atoms with Crippen LogP contribution in [0.2, 0.25) is 0 Å². The molecule has 0 amide bonds. The summed E-state index contributed by atoms with van der Waals surface area (Å²) in [7, 11) is 0. The Kier molecular flexibility index (Phi) is 3.49. The second kappa shape index (κ2) is 5.05. The van der Waals surface area contributed by atoms with Gasteiger partial charge in [-0.25, -0.2) is 0 Å². The summed E-state index contributed by atoms with van der Waals surface area (Å²) in [5.74, 6) is 1.10. The summed E-state index contributed by atoms with van der Waals surface area (Å²) in [6.45, 7) is 3.97. The lowest BCUT2D eigenvalue weighted by Crippen LogP contribution is -2.44. The fourth-order valence-electron chi connectivity index (χ4n) is 2.98. The molecule has 3 fully saturated rings. The minimum Gasteiger partial charge on any atom is -0.313 e. The first-order valence-corrected chi connectivity index (χ1v) is 7.39. The lowest BCUT2D eigenvalue weighted by Gasteiger charge is -2.30. The second-order valence-electron chi connectivity index (χ2n) is 6.10. The number of piperidine rings is 1. The summed E-state index contributed by atoms with van der Waals surface area (Å²) >= 11 is 0. The van der Waals surface area contributed by atoms with Crippen LogP contribution >= 0.6 is 0 Å². The Morgan fingerprint density at radius 1 is 1.00 bits per heavy atom. The maximum Gasteiger partial charge on any atom is 0.0195 e. The molecular weight excluding hydrogens is 196 g/mol. The van der Waals surface area contributed by atoms with Crippen molar-refractivity contribution in [1.29, 1.82) is 0 Å². The van der Waals surface area contributed by atoms with Gasteiger partial charge in [-0.1, -0.05) is 19.3 Å². The van der Waals surface area contributed by atoms with E-state index in [4.69, 9.17) is 0 Å². The van der Waals surface area contributed by atoms with Gasteiger partial charge in [-0.05, 0) is 51.1 Å². The van der Waals surface area contributed by atoms with Crippen LogP contribution < -0.4 is 5.32 Å². The third-order valence-electron chi connectivity index (χ3n) is 4.45. The summed E-state index contributed by atoms with van der Waals surface area (Å²) < 4.78 is 0. The molecular formula is C14H26N2. The van der Waals surface area contributed by atoms with Crippen molar-refractivity contribution in [2.75, 3.05) is 19.6 Å². The third kappa shape index (κ3) is 3.21. The lowest BCUT2D eigenvalue weighted by molar-refractivity contribution is 0.210. The van der Waals surface area contributed by atoms with Crippen LogP contribution in [0.1, 0.15) is 51.4 Å². The molecule has 2 heteroatoms. The first-order chi connectivity index (χ1) is 7.92. The zero-order valence-corrected chi connectivity index (χ0v) is 10.5. The molecule has 1 atom stereocenters. The van der Waals surface area contributed by atoms with Crippen LogP contribution in [0.5, 0.6) is 0 Å². The van der Waals surface area contributed by atoms with E-state index in [0.717, 1.165) is 18.0 Å². The minimum atomic E-state index is 0.800. The van der Waals surface area contributed by atoms with Crippen molar-refractivity contribution in [3.63, 3.8) is 0 Å². The van der Waals surface area contributed by atoms with Gasteiger partial charge in [0.15, 0.2) is 0 Å². The lowest BCUT2D eigenvalue weighted by atomic mass is 10.0. The van der Waals surface area contributed by atoms with E-state index < -0.39 is 0 Å². The molecule has 92 valence electrons. The number of hydrogen-bond acceptors (Lipinski definition) is 2. The third-order valence-corrected chi connectivity index (χ3v) is 4.45. The molecule has 0 aromatic heterocycles. The fraction of sp³-hybridized carbons (Fsp3) is 1.00. The van der Waals surface area contributed by atoms with Crippen molar-refractivity contribution in [3.05, 3.63) is 0 Å². The molecule has 0 radical (unpaired) electrons. The maximum absolute atomic E-state index is 3.69. The van der Waals surface area contributed by atoms with Crippen LogP contribution in [0.25, 0.3) is 0 Å². The number of hydrogen-bond donors (Lipinski definition) is 1. The van der Waals surface area contributed by atoms with E-state index in [1.54, 1.807) is 0 Å². The number of nitrogens with zero attached hydrogens (tertiary/aromatic N) is 1. The van der Waals surface area contributed by atoms with Crippen molar-refractivity contribution >= 4 is 0 Å². The summed E-state index contributed by atoms with van der Waals surface area (Å²) in [5.41, 5.74) is 0. The number of rotatable bonds is 6. The largest absolute Gasteiger partial charge is 0.313 e. The Morgan fingerprint density at radius 2 is 1.88 bits per heavy atom. The van der Waals surface area contributed by atoms with Gasteiger partial charge in [-0.3, -0.25) is 4.90 Å². The highest BCUT2D eigenvalue weighted by Gasteiger charge is 2.32. The molecule has 3 aliphatic rings. The molecule has 1 heterocycles. The topological polar surface area (TPSA) is 15.3 Å². The monoisotopic (exact) mass is 222 g/mol. The Morgan fingerprint density at radius 3 is 2.50 bits per heavy atom. The van der Waals surface area contributed by atoms with E-state index in [0.29, 0.717) is 0 Å². The highest BCUT2D eigenvalue weighted by molar-refractivity contribution is 4.89. The first kappa shape index (κ1) is 11.0. The van der Waals surface area contributed by atoms with Crippen LogP contribution in [0.15, 0.2) is 0 Å². The molecule has 2 nitrogen and oxygen atoms in total. The van der Waals surface area contributed by atoms with Crippen molar-refractivity contribution in [1.82, 2.24) is 10.2 Å². The fourth-order valence-corrected chi connectivity index (χ4v) is 2.98. The molecule has 1 aliphatic heterocycles. The predicted molar refractivity (Wildman–Crippen MR) is 67.6 cm³/mol. The van der Waals surface area contributed by atoms with Gasteiger partial charge in [0.2, 0.25) is 0 Å². The highest BCUT2D eigenvalue weighted by Crippen LogP contribution is 2.34. The van der Waals surface area contributed by atoms with Crippen LogP contribution in [0.3, 0.4) is 0 Å². The maximum atomic E-state index is 3.69. The normalized spacial score (nSPS) is 30.9. The average Bonchev–Trinajstić information content (AvgIpc) is 3.18. The van der Waals surface area contributed by atoms with E-state index >= 15 is 0 Å². The Bertz CT molecular complexity index is 215. The van der Waals surface area contributed by atoms with E-state index in [9.17, 15) is 0 Å². The molecule has 0 bridgehead atoms. The molecule has 0 aromatic rings. The van der Waals surface area contributed by atoms with Crippen LogP contribution in [-0.2, 0) is 0 Å². The van der Waals surface area contributed by atoms with E-state index in [-0.39, 0.29) is 0 Å². The van der Waals surface area contributed by atoms with Gasteiger partial charge in [0.1, 0.15) is 0 Å². The summed E-state index contributed by atoms with van der Waals surface area (Å²) in [6.07, 6.45) is 11.7. The van der Waals surface area contributed by atoms with Crippen LogP contribution in [0.4, 0.5) is 0 Å². The van der Waals surface area contributed by atoms with Crippen molar-refractivity contribution in [3.8, 4) is 0 Å². The quantitative estimate of drug-likeness (QED) is 0.742. The van der Waals surface area contributed by atoms with E-state index in [1.807, 2.05) is 0 Å². The molecule has 2 saturated carbocycles. The summed E-state index contributed by atoms with van der Waals surface area (Å²) in [5, 5.41) is 3.69. The summed E-state index contributed by atoms with van der Waals surface area (Å²) in [6, 6.07) is 1.76. The van der Waals surface area contributed by atoms with Crippen LogP contribution in [-0.4, -0.2) is 36.6 Å². The van der Waals surface area contributed by atoms with Crippen molar-refractivity contribution in [2.24, 2.45) is 5.92 Å². The van der Waals surface area contributed by atoms with E-state index in [1.165, 1.54) is 71.0 Å². The van der Waals surface area contributed by atoms with Gasteiger partial charge in [0, 0.05) is 18.6 Å². The highest BCUT2D eigenvalue weighted by atomic mass is 15.2. The van der Waals surface area contributed by atoms with Crippen LogP contribution in [0, 0.1) is 5.92 Å². The second-order valence-corrected chi connectivity index (χ2v) is 6.10. The molecule has 1 N–H and O–H groups in total. The van der Waals surface area contributed by atoms with Gasteiger partial charge in [0.05, 0.1) is 0 Å². The van der Waals surface area contributed by atoms with Gasteiger partial charge in [0.25, 0.3) is 0 Å². The van der Waals surface area contributed by atoms with Gasteiger partial charge in [-0.2, -0.15) is 0 Å². The summed E-state index contributed by atoms with van der Waals surface area (Å²) in [4.78, 5) is 2.79. The SMILES string of the molecule is C1CCC(CN(CCC2CC2)C2CC2)NC1. The standard InChI is InChI=1S/C14H26N2/c1-2-9-15-13(3-1)11-16(14-6-7-14)10-8-12-4-5-12/h12-15H,1-11H2. The smallest absolute Gasteiger partial charge is 0.0195 e. The molecule has 1 unspecified atom stereocenters. The van der Waals surface area contributed by atoms with Crippen molar-refractivity contribution < 1.29 is 0 Å². The van der Waals surface area contributed by atoms with Gasteiger partial charge in [-0.15, -0.1) is 0 Å². The molecule has 1 saturated heterocycles. The molecule has 16 heavy (non-hydrogen) atoms. The average molecular weight is 222 g/mol. The minimum absolute atomic E-state index is 0.800. The first-order valence-electron chi connectivity index (χ1n) is 7.39. The zero-order valence-electron chi connectivity index (χ0n) is 10.5. The van der Waals surface area contributed by atoms with Gasteiger partial charge < -0.3 is 5.32 Å². The molecule has 0 spiro atoms. The number of nitrogens with one attached hydrogen (secondary N) is 1. The van der Waals surface area contributed by atoms with Gasteiger partial charge >= 0.3 is 0 Å². The van der Waals surface area contributed by atoms with Crippen molar-refractivity contribution in [2.45, 2.75) is 63.5 Å². The molecule has 3 rings (SSSR count). The predicted octanol–water partition coefficient (Wildman–Crippen LogP) is 2.39. The Balaban J connectivity index is 1.43. The zero-order chi connectivity index (χ0) is 10.8. The molecule has 0 aromatic carbocycles. The Hall–Kier alpha value is -0.0800.